The minimum absolute atomic E-state index is 0.00482. The highest BCUT2D eigenvalue weighted by molar-refractivity contribution is 7.99. The summed E-state index contributed by atoms with van der Waals surface area (Å²) >= 11 is 7.65. The van der Waals surface area contributed by atoms with E-state index in [9.17, 15) is 9.90 Å². The van der Waals surface area contributed by atoms with Gasteiger partial charge in [-0.25, -0.2) is 0 Å². The Hall–Kier alpha value is -1.19. The molecule has 1 aliphatic carbocycles. The Morgan fingerprint density at radius 2 is 2.14 bits per heavy atom. The molecule has 0 aliphatic heterocycles. The molecule has 0 saturated heterocycles. The van der Waals surface area contributed by atoms with Crippen molar-refractivity contribution in [2.24, 2.45) is 0 Å². The molecule has 1 aromatic rings. The Kier molecular flexibility index (Phi) is 6.40. The number of Topliss-reactive ketones (excluding diaryl/α,β-unsaturated/α-hetero) is 1. The van der Waals surface area contributed by atoms with Crippen molar-refractivity contribution in [1.82, 2.24) is 0 Å². The number of benzene rings is 1. The van der Waals surface area contributed by atoms with E-state index in [0.29, 0.717) is 22.8 Å². The lowest BCUT2D eigenvalue weighted by molar-refractivity contribution is -0.115. The van der Waals surface area contributed by atoms with Crippen LogP contribution in [0.4, 0.5) is 0 Å². The standard InChI is InChI=1S/C17H19ClO2S/c18-15-8-4-5-9-17(15)21-11-10-16(20)14(12-19)13-6-2-1-3-7-13/h4-6,8-9,12,19H,1-3,7,10-11H2/b14-12-. The number of aliphatic hydroxyl groups is 1. The average molecular weight is 323 g/mol. The Bertz CT molecular complexity index is 564. The van der Waals surface area contributed by atoms with E-state index in [1.54, 1.807) is 11.8 Å². The van der Waals surface area contributed by atoms with Crippen LogP contribution >= 0.6 is 23.4 Å². The van der Waals surface area contributed by atoms with Crippen molar-refractivity contribution >= 4 is 29.1 Å². The van der Waals surface area contributed by atoms with E-state index >= 15 is 0 Å². The van der Waals surface area contributed by atoms with Crippen LogP contribution in [0.15, 0.2) is 52.6 Å². The summed E-state index contributed by atoms with van der Waals surface area (Å²) in [4.78, 5) is 13.2. The predicted octanol–water partition coefficient (Wildman–Crippen LogP) is 5.33. The van der Waals surface area contributed by atoms with Crippen LogP contribution in [0.25, 0.3) is 0 Å². The SMILES string of the molecule is O=C(CCSc1ccccc1Cl)/C(=C\O)C1=CCCCC1. The highest BCUT2D eigenvalue weighted by Crippen LogP contribution is 2.29. The fourth-order valence-electron chi connectivity index (χ4n) is 2.37. The molecular formula is C17H19ClO2S. The number of aliphatic hydroxyl groups excluding tert-OH is 1. The lowest BCUT2D eigenvalue weighted by atomic mass is 9.91. The molecule has 0 saturated carbocycles. The van der Waals surface area contributed by atoms with Crippen molar-refractivity contribution < 1.29 is 9.90 Å². The molecule has 0 heterocycles. The van der Waals surface area contributed by atoms with Gasteiger partial charge in [0.1, 0.15) is 0 Å². The van der Waals surface area contributed by atoms with Gasteiger partial charge in [-0.15, -0.1) is 11.8 Å². The second-order valence-corrected chi connectivity index (χ2v) is 6.51. The number of halogens is 1. The molecule has 2 rings (SSSR count). The smallest absolute Gasteiger partial charge is 0.167 e. The molecule has 0 amide bonds. The first kappa shape index (κ1) is 16.2. The molecule has 0 unspecified atom stereocenters. The number of allylic oxidation sites excluding steroid dienone is 3. The Labute approximate surface area is 134 Å². The van der Waals surface area contributed by atoms with Gasteiger partial charge in [-0.05, 0) is 43.4 Å². The summed E-state index contributed by atoms with van der Waals surface area (Å²) in [5.41, 5.74) is 1.48. The first-order valence-corrected chi connectivity index (χ1v) is 8.53. The van der Waals surface area contributed by atoms with Gasteiger partial charge in [-0.1, -0.05) is 29.8 Å². The van der Waals surface area contributed by atoms with E-state index in [2.05, 4.69) is 6.08 Å². The maximum atomic E-state index is 12.2. The number of carbonyl (C=O) groups excluding carboxylic acids is 1. The average Bonchev–Trinajstić information content (AvgIpc) is 2.51. The summed E-state index contributed by atoms with van der Waals surface area (Å²) in [6.45, 7) is 0. The van der Waals surface area contributed by atoms with Gasteiger partial charge in [0, 0.05) is 17.1 Å². The van der Waals surface area contributed by atoms with Crippen LogP contribution in [0.2, 0.25) is 5.02 Å². The van der Waals surface area contributed by atoms with Crippen LogP contribution in [0.3, 0.4) is 0 Å². The third-order valence-corrected chi connectivity index (χ3v) is 5.01. The van der Waals surface area contributed by atoms with Gasteiger partial charge in [-0.3, -0.25) is 4.79 Å². The van der Waals surface area contributed by atoms with Crippen LogP contribution in [-0.4, -0.2) is 16.6 Å². The second kappa shape index (κ2) is 8.30. The summed E-state index contributed by atoms with van der Waals surface area (Å²) in [6.07, 6.45) is 7.58. The number of rotatable bonds is 6. The van der Waals surface area contributed by atoms with Crippen molar-refractivity contribution in [3.8, 4) is 0 Å². The molecule has 21 heavy (non-hydrogen) atoms. The van der Waals surface area contributed by atoms with Crippen LogP contribution < -0.4 is 0 Å². The minimum Gasteiger partial charge on any atom is -0.515 e. The quantitative estimate of drug-likeness (QED) is 0.436. The van der Waals surface area contributed by atoms with Crippen LogP contribution in [-0.2, 0) is 4.79 Å². The predicted molar refractivity (Wildman–Crippen MR) is 89.1 cm³/mol. The number of hydrogen-bond donors (Lipinski definition) is 1. The van der Waals surface area contributed by atoms with Gasteiger partial charge < -0.3 is 5.11 Å². The Morgan fingerprint density at radius 3 is 2.81 bits per heavy atom. The van der Waals surface area contributed by atoms with Crippen molar-refractivity contribution in [3.05, 3.63) is 52.8 Å². The maximum absolute atomic E-state index is 12.2. The van der Waals surface area contributed by atoms with Gasteiger partial charge in [0.25, 0.3) is 0 Å². The molecule has 112 valence electrons. The van der Waals surface area contributed by atoms with Crippen molar-refractivity contribution in [3.63, 3.8) is 0 Å². The van der Waals surface area contributed by atoms with E-state index in [-0.39, 0.29) is 5.78 Å². The van der Waals surface area contributed by atoms with Crippen LogP contribution in [0.1, 0.15) is 32.1 Å². The number of carbonyl (C=O) groups is 1. The van der Waals surface area contributed by atoms with Gasteiger partial charge in [-0.2, -0.15) is 0 Å². The normalized spacial score (nSPS) is 15.7. The fourth-order valence-corrected chi connectivity index (χ4v) is 3.55. The molecule has 0 aromatic heterocycles. The molecule has 0 atom stereocenters. The van der Waals surface area contributed by atoms with E-state index in [0.717, 1.165) is 36.0 Å². The Balaban J connectivity index is 1.89. The summed E-state index contributed by atoms with van der Waals surface area (Å²) in [6, 6.07) is 7.61. The molecular weight excluding hydrogens is 304 g/mol. The van der Waals surface area contributed by atoms with Crippen LogP contribution in [0.5, 0.6) is 0 Å². The monoisotopic (exact) mass is 322 g/mol. The van der Waals surface area contributed by atoms with E-state index in [1.165, 1.54) is 6.42 Å². The molecule has 1 aliphatic rings. The third-order valence-electron chi connectivity index (χ3n) is 3.49. The Morgan fingerprint density at radius 1 is 1.33 bits per heavy atom. The van der Waals surface area contributed by atoms with Gasteiger partial charge in [0.2, 0.25) is 0 Å². The molecule has 1 N–H and O–H groups in total. The highest BCUT2D eigenvalue weighted by Gasteiger charge is 2.16. The number of hydrogen-bond acceptors (Lipinski definition) is 3. The van der Waals surface area contributed by atoms with E-state index in [1.807, 2.05) is 24.3 Å². The molecule has 4 heteroatoms. The zero-order chi connectivity index (χ0) is 15.1. The molecule has 0 radical (unpaired) electrons. The van der Waals surface area contributed by atoms with E-state index < -0.39 is 0 Å². The topological polar surface area (TPSA) is 37.3 Å². The molecule has 0 bridgehead atoms. The largest absolute Gasteiger partial charge is 0.515 e. The van der Waals surface area contributed by atoms with Crippen molar-refractivity contribution in [1.29, 1.82) is 0 Å². The number of ketones is 1. The zero-order valence-electron chi connectivity index (χ0n) is 11.8. The highest BCUT2D eigenvalue weighted by atomic mass is 35.5. The minimum atomic E-state index is 0.00482. The summed E-state index contributed by atoms with van der Waals surface area (Å²) in [7, 11) is 0. The summed E-state index contributed by atoms with van der Waals surface area (Å²) < 4.78 is 0. The van der Waals surface area contributed by atoms with Gasteiger partial charge >= 0.3 is 0 Å². The van der Waals surface area contributed by atoms with Crippen LogP contribution in [0, 0.1) is 0 Å². The zero-order valence-corrected chi connectivity index (χ0v) is 13.4. The lowest BCUT2D eigenvalue weighted by Crippen LogP contribution is -2.08. The molecule has 0 spiro atoms. The third kappa shape index (κ3) is 4.65. The van der Waals surface area contributed by atoms with Crippen molar-refractivity contribution in [2.45, 2.75) is 37.0 Å². The molecule has 2 nitrogen and oxygen atoms in total. The van der Waals surface area contributed by atoms with Gasteiger partial charge in [0.15, 0.2) is 5.78 Å². The van der Waals surface area contributed by atoms with Crippen molar-refractivity contribution in [2.75, 3.05) is 5.75 Å². The van der Waals surface area contributed by atoms with Gasteiger partial charge in [0.05, 0.1) is 16.9 Å². The summed E-state index contributed by atoms with van der Waals surface area (Å²) in [5, 5.41) is 10.1. The molecule has 0 fully saturated rings. The lowest BCUT2D eigenvalue weighted by Gasteiger charge is -2.14. The number of thioether (sulfide) groups is 1. The first-order chi connectivity index (χ1) is 10.2. The fraction of sp³-hybridized carbons (Fsp3) is 0.353. The second-order valence-electron chi connectivity index (χ2n) is 4.97. The summed E-state index contributed by atoms with van der Waals surface area (Å²) in [5.74, 6) is 0.665. The maximum Gasteiger partial charge on any atom is 0.167 e. The first-order valence-electron chi connectivity index (χ1n) is 7.16. The van der Waals surface area contributed by atoms with E-state index in [4.69, 9.17) is 11.6 Å². The molecule has 1 aromatic carbocycles.